The molecule has 1 amide bonds. The quantitative estimate of drug-likeness (QED) is 0.860. The lowest BCUT2D eigenvalue weighted by Crippen LogP contribution is -2.17. The second-order valence-electron chi connectivity index (χ2n) is 5.00. The monoisotopic (exact) mass is 291 g/mol. The van der Waals surface area contributed by atoms with Crippen LogP contribution in [-0.4, -0.2) is 23.2 Å². The van der Waals surface area contributed by atoms with Gasteiger partial charge in [0.2, 0.25) is 5.91 Å². The predicted octanol–water partition coefficient (Wildman–Crippen LogP) is 2.76. The molecule has 1 atom stereocenters. The van der Waals surface area contributed by atoms with E-state index in [0.717, 1.165) is 5.56 Å². The number of nitrogens with one attached hydrogen (secondary N) is 2. The van der Waals surface area contributed by atoms with E-state index in [1.54, 1.807) is 6.07 Å². The van der Waals surface area contributed by atoms with Crippen LogP contribution in [0.4, 0.5) is 10.2 Å². The summed E-state index contributed by atoms with van der Waals surface area (Å²) in [5.74, 6) is 0.634. The van der Waals surface area contributed by atoms with Crippen molar-refractivity contribution >= 4 is 11.7 Å². The molecule has 0 saturated carbocycles. The molecule has 0 aliphatic heterocycles. The van der Waals surface area contributed by atoms with Crippen LogP contribution in [0.5, 0.6) is 5.75 Å². The van der Waals surface area contributed by atoms with E-state index in [1.807, 2.05) is 13.0 Å². The van der Waals surface area contributed by atoms with E-state index in [1.165, 1.54) is 25.4 Å². The Balaban J connectivity index is 1.87. The van der Waals surface area contributed by atoms with Gasteiger partial charge in [0, 0.05) is 6.42 Å². The van der Waals surface area contributed by atoms with Crippen LogP contribution in [0.3, 0.4) is 0 Å². The number of nitrogens with zero attached hydrogens (tertiary/aromatic N) is 1. The highest BCUT2D eigenvalue weighted by Crippen LogP contribution is 2.20. The number of amides is 1. The number of anilines is 1. The first-order valence-corrected chi connectivity index (χ1v) is 6.70. The van der Waals surface area contributed by atoms with Crippen molar-refractivity contribution in [2.75, 3.05) is 12.4 Å². The van der Waals surface area contributed by atoms with Crippen molar-refractivity contribution in [3.63, 3.8) is 0 Å². The first-order valence-electron chi connectivity index (χ1n) is 6.70. The van der Waals surface area contributed by atoms with Crippen molar-refractivity contribution in [2.24, 2.45) is 5.92 Å². The molecule has 1 heterocycles. The van der Waals surface area contributed by atoms with Crippen LogP contribution in [-0.2, 0) is 11.2 Å². The van der Waals surface area contributed by atoms with Gasteiger partial charge < -0.3 is 10.1 Å². The molecule has 6 heteroatoms. The molecule has 0 saturated heterocycles. The van der Waals surface area contributed by atoms with Gasteiger partial charge in [0.05, 0.1) is 13.3 Å². The van der Waals surface area contributed by atoms with Gasteiger partial charge in [-0.05, 0) is 30.0 Å². The number of benzene rings is 1. The van der Waals surface area contributed by atoms with Gasteiger partial charge in [0.15, 0.2) is 11.6 Å². The highest BCUT2D eigenvalue weighted by atomic mass is 19.1. The van der Waals surface area contributed by atoms with Crippen LogP contribution in [0.1, 0.15) is 18.9 Å². The standard InChI is InChI=1S/C15H18FN3O2/c1-10(6-11-4-3-5-12(16)8-11)7-14(20)18-15-13(21-2)9-17-19-15/h3-5,8-10H,6-7H2,1-2H3,(H2,17,18,19,20). The Kier molecular flexibility index (Phi) is 4.92. The molecule has 2 rings (SSSR count). The Morgan fingerprint density at radius 1 is 1.52 bits per heavy atom. The summed E-state index contributed by atoms with van der Waals surface area (Å²) >= 11 is 0. The zero-order chi connectivity index (χ0) is 15.2. The minimum Gasteiger partial charge on any atom is -0.491 e. The zero-order valence-corrected chi connectivity index (χ0v) is 12.0. The average Bonchev–Trinajstić information content (AvgIpc) is 2.85. The number of aromatic nitrogens is 2. The molecule has 21 heavy (non-hydrogen) atoms. The summed E-state index contributed by atoms with van der Waals surface area (Å²) in [6, 6.07) is 6.43. The third kappa shape index (κ3) is 4.30. The van der Waals surface area contributed by atoms with Gasteiger partial charge >= 0.3 is 0 Å². The van der Waals surface area contributed by atoms with Gasteiger partial charge in [0.25, 0.3) is 0 Å². The van der Waals surface area contributed by atoms with Gasteiger partial charge in [0.1, 0.15) is 5.82 Å². The maximum absolute atomic E-state index is 13.1. The minimum absolute atomic E-state index is 0.0979. The summed E-state index contributed by atoms with van der Waals surface area (Å²) < 4.78 is 18.2. The molecule has 2 N–H and O–H groups in total. The average molecular weight is 291 g/mol. The third-order valence-electron chi connectivity index (χ3n) is 3.10. The van der Waals surface area contributed by atoms with Crippen LogP contribution in [0.15, 0.2) is 30.5 Å². The minimum atomic E-state index is -0.258. The SMILES string of the molecule is COc1cn[nH]c1NC(=O)CC(C)Cc1cccc(F)c1. The number of ether oxygens (including phenoxy) is 1. The fourth-order valence-corrected chi connectivity index (χ4v) is 2.16. The van der Waals surface area contributed by atoms with Crippen LogP contribution >= 0.6 is 0 Å². The van der Waals surface area contributed by atoms with Crippen LogP contribution in [0.2, 0.25) is 0 Å². The molecular weight excluding hydrogens is 273 g/mol. The number of rotatable bonds is 6. The molecule has 0 radical (unpaired) electrons. The van der Waals surface area contributed by atoms with Crippen molar-refractivity contribution in [2.45, 2.75) is 19.8 Å². The van der Waals surface area contributed by atoms with Crippen molar-refractivity contribution in [1.82, 2.24) is 10.2 Å². The first-order chi connectivity index (χ1) is 10.1. The Bertz CT molecular complexity index is 612. The van der Waals surface area contributed by atoms with Crippen LogP contribution in [0, 0.1) is 11.7 Å². The molecule has 2 aromatic rings. The summed E-state index contributed by atoms with van der Waals surface area (Å²) in [6.07, 6.45) is 2.47. The number of methoxy groups -OCH3 is 1. The molecule has 112 valence electrons. The summed E-state index contributed by atoms with van der Waals surface area (Å²) in [5, 5.41) is 9.17. The molecule has 1 aromatic heterocycles. The molecular formula is C15H18FN3O2. The van der Waals surface area contributed by atoms with Gasteiger partial charge in [-0.15, -0.1) is 0 Å². The number of hydrogen-bond donors (Lipinski definition) is 2. The van der Waals surface area contributed by atoms with E-state index in [0.29, 0.717) is 24.4 Å². The van der Waals surface area contributed by atoms with E-state index in [-0.39, 0.29) is 17.6 Å². The molecule has 5 nitrogen and oxygen atoms in total. The zero-order valence-electron chi connectivity index (χ0n) is 12.0. The molecule has 1 aromatic carbocycles. The largest absolute Gasteiger partial charge is 0.491 e. The molecule has 0 aliphatic carbocycles. The number of carbonyl (C=O) groups excluding carboxylic acids is 1. The van der Waals surface area contributed by atoms with Gasteiger partial charge in [-0.1, -0.05) is 19.1 Å². The maximum atomic E-state index is 13.1. The Morgan fingerprint density at radius 2 is 2.33 bits per heavy atom. The van der Waals surface area contributed by atoms with Crippen molar-refractivity contribution in [1.29, 1.82) is 0 Å². The molecule has 0 fully saturated rings. The number of aromatic amines is 1. The number of H-pyrrole nitrogens is 1. The number of hydrogen-bond acceptors (Lipinski definition) is 3. The molecule has 0 aliphatic rings. The van der Waals surface area contributed by atoms with E-state index in [2.05, 4.69) is 15.5 Å². The van der Waals surface area contributed by atoms with E-state index in [9.17, 15) is 9.18 Å². The summed E-state index contributed by atoms with van der Waals surface area (Å²) in [6.45, 7) is 1.95. The Labute approximate surface area is 122 Å². The second kappa shape index (κ2) is 6.88. The van der Waals surface area contributed by atoms with E-state index >= 15 is 0 Å². The fraction of sp³-hybridized carbons (Fsp3) is 0.333. The molecule has 1 unspecified atom stereocenters. The van der Waals surface area contributed by atoms with Gasteiger partial charge in [-0.2, -0.15) is 5.10 Å². The first kappa shape index (κ1) is 15.0. The topological polar surface area (TPSA) is 67.0 Å². The van der Waals surface area contributed by atoms with Crippen molar-refractivity contribution in [3.8, 4) is 5.75 Å². The van der Waals surface area contributed by atoms with Crippen molar-refractivity contribution in [3.05, 3.63) is 41.8 Å². The lowest BCUT2D eigenvalue weighted by molar-refractivity contribution is -0.117. The van der Waals surface area contributed by atoms with Crippen molar-refractivity contribution < 1.29 is 13.9 Å². The lowest BCUT2D eigenvalue weighted by atomic mass is 9.98. The highest BCUT2D eigenvalue weighted by Gasteiger charge is 2.13. The number of carbonyl (C=O) groups is 1. The van der Waals surface area contributed by atoms with Crippen LogP contribution < -0.4 is 10.1 Å². The number of halogens is 1. The Morgan fingerprint density at radius 3 is 3.05 bits per heavy atom. The predicted molar refractivity (Wildman–Crippen MR) is 77.7 cm³/mol. The van der Waals surface area contributed by atoms with E-state index in [4.69, 9.17) is 4.74 Å². The summed E-state index contributed by atoms with van der Waals surface area (Å²) in [7, 11) is 1.51. The fourth-order valence-electron chi connectivity index (χ4n) is 2.16. The summed E-state index contributed by atoms with van der Waals surface area (Å²) in [5.41, 5.74) is 0.884. The maximum Gasteiger partial charge on any atom is 0.225 e. The Hall–Kier alpha value is -2.37. The third-order valence-corrected chi connectivity index (χ3v) is 3.10. The molecule has 0 bridgehead atoms. The van der Waals surface area contributed by atoms with Gasteiger partial charge in [-0.25, -0.2) is 4.39 Å². The normalized spacial score (nSPS) is 12.0. The smallest absolute Gasteiger partial charge is 0.225 e. The lowest BCUT2D eigenvalue weighted by Gasteiger charge is -2.11. The van der Waals surface area contributed by atoms with Gasteiger partial charge in [-0.3, -0.25) is 9.89 Å². The van der Waals surface area contributed by atoms with Crippen LogP contribution in [0.25, 0.3) is 0 Å². The highest BCUT2D eigenvalue weighted by molar-refractivity contribution is 5.91. The van der Waals surface area contributed by atoms with E-state index < -0.39 is 0 Å². The second-order valence-corrected chi connectivity index (χ2v) is 5.00. The molecule has 0 spiro atoms. The summed E-state index contributed by atoms with van der Waals surface area (Å²) in [4.78, 5) is 12.0.